The van der Waals surface area contributed by atoms with Gasteiger partial charge >= 0.3 is 0 Å². The summed E-state index contributed by atoms with van der Waals surface area (Å²) in [5, 5.41) is 0. The van der Waals surface area contributed by atoms with E-state index in [1.807, 2.05) is 0 Å². The van der Waals surface area contributed by atoms with Gasteiger partial charge in [0.1, 0.15) is 4.21 Å². The fourth-order valence-corrected chi connectivity index (χ4v) is 5.33. The fraction of sp³-hybridized carbons (Fsp3) is 0.692. The van der Waals surface area contributed by atoms with Crippen LogP contribution in [0.15, 0.2) is 16.3 Å². The first-order valence-electron chi connectivity index (χ1n) is 6.65. The minimum absolute atomic E-state index is 0.0879. The molecule has 114 valence electrons. The number of rotatable bonds is 3. The maximum absolute atomic E-state index is 12.5. The Morgan fingerprint density at radius 1 is 1.20 bits per heavy atom. The lowest BCUT2D eigenvalue weighted by Gasteiger charge is -2.41. The second-order valence-corrected chi connectivity index (χ2v) is 9.52. The zero-order chi connectivity index (χ0) is 15.0. The van der Waals surface area contributed by atoms with Crippen LogP contribution >= 0.6 is 22.9 Å². The van der Waals surface area contributed by atoms with Gasteiger partial charge in [-0.3, -0.25) is 4.90 Å². The van der Waals surface area contributed by atoms with Gasteiger partial charge < -0.3 is 0 Å². The van der Waals surface area contributed by atoms with Crippen LogP contribution in [0.2, 0.25) is 0 Å². The van der Waals surface area contributed by atoms with Gasteiger partial charge in [-0.2, -0.15) is 4.31 Å². The molecule has 1 aromatic rings. The molecule has 4 nitrogen and oxygen atoms in total. The molecule has 2 heterocycles. The summed E-state index contributed by atoms with van der Waals surface area (Å²) in [6.45, 7) is 9.11. The van der Waals surface area contributed by atoms with Gasteiger partial charge in [-0.05, 0) is 32.9 Å². The number of alkyl halides is 1. The minimum Gasteiger partial charge on any atom is -0.296 e. The number of hydrogen-bond donors (Lipinski definition) is 0. The molecule has 0 atom stereocenters. The van der Waals surface area contributed by atoms with Crippen LogP contribution in [0.4, 0.5) is 0 Å². The molecule has 0 N–H and O–H groups in total. The van der Waals surface area contributed by atoms with Crippen LogP contribution in [0, 0.1) is 0 Å². The van der Waals surface area contributed by atoms with E-state index in [0.717, 1.165) is 18.0 Å². The van der Waals surface area contributed by atoms with E-state index >= 15 is 0 Å². The molecule has 7 heteroatoms. The van der Waals surface area contributed by atoms with E-state index < -0.39 is 10.0 Å². The van der Waals surface area contributed by atoms with Crippen LogP contribution in [-0.4, -0.2) is 49.3 Å². The fourth-order valence-electron chi connectivity index (χ4n) is 2.30. The van der Waals surface area contributed by atoms with Gasteiger partial charge in [0, 0.05) is 36.6 Å². The Balaban J connectivity index is 2.09. The smallest absolute Gasteiger partial charge is 0.252 e. The Hall–Kier alpha value is -0.140. The molecule has 0 aromatic carbocycles. The second-order valence-electron chi connectivity index (χ2n) is 5.92. The lowest BCUT2D eigenvalue weighted by atomic mass is 10.1. The van der Waals surface area contributed by atoms with Crippen molar-refractivity contribution in [2.75, 3.05) is 26.2 Å². The highest BCUT2D eigenvalue weighted by Gasteiger charge is 2.32. The minimum atomic E-state index is -3.35. The number of halogens is 1. The van der Waals surface area contributed by atoms with Gasteiger partial charge in [0.15, 0.2) is 0 Å². The highest BCUT2D eigenvalue weighted by molar-refractivity contribution is 7.91. The average Bonchev–Trinajstić information content (AvgIpc) is 2.87. The lowest BCUT2D eigenvalue weighted by molar-refractivity contribution is 0.0922. The Morgan fingerprint density at radius 3 is 2.25 bits per heavy atom. The first kappa shape index (κ1) is 16.2. The molecule has 0 aliphatic carbocycles. The quantitative estimate of drug-likeness (QED) is 0.797. The van der Waals surface area contributed by atoms with Crippen molar-refractivity contribution in [3.63, 3.8) is 0 Å². The zero-order valence-electron chi connectivity index (χ0n) is 12.1. The van der Waals surface area contributed by atoms with Crippen LogP contribution in [-0.2, 0) is 15.9 Å². The van der Waals surface area contributed by atoms with E-state index in [0.29, 0.717) is 23.2 Å². The summed E-state index contributed by atoms with van der Waals surface area (Å²) in [5.41, 5.74) is 0.0879. The Kier molecular flexibility index (Phi) is 4.81. The zero-order valence-corrected chi connectivity index (χ0v) is 14.5. The number of nitrogens with zero attached hydrogens (tertiary/aromatic N) is 2. The van der Waals surface area contributed by atoms with Crippen LogP contribution in [0.25, 0.3) is 0 Å². The summed E-state index contributed by atoms with van der Waals surface area (Å²) < 4.78 is 27.1. The van der Waals surface area contributed by atoms with Crippen molar-refractivity contribution in [3.05, 3.63) is 17.0 Å². The molecule has 0 radical (unpaired) electrons. The number of sulfonamides is 1. The van der Waals surface area contributed by atoms with Gasteiger partial charge in [0.25, 0.3) is 10.0 Å². The monoisotopic (exact) mass is 336 g/mol. The molecule has 2 rings (SSSR count). The molecule has 0 spiro atoms. The summed E-state index contributed by atoms with van der Waals surface area (Å²) in [6, 6.07) is 3.45. The highest BCUT2D eigenvalue weighted by Crippen LogP contribution is 2.27. The van der Waals surface area contributed by atoms with Crippen molar-refractivity contribution >= 4 is 33.0 Å². The molecule has 1 fully saturated rings. The molecule has 0 unspecified atom stereocenters. The summed E-state index contributed by atoms with van der Waals surface area (Å²) in [6.07, 6.45) is 0. The molecular formula is C13H21ClN2O2S2. The largest absolute Gasteiger partial charge is 0.296 e. The predicted molar refractivity (Wildman–Crippen MR) is 84.0 cm³/mol. The topological polar surface area (TPSA) is 40.6 Å². The SMILES string of the molecule is CC(C)(C)N1CCN(S(=O)(=O)c2ccc(CCl)s2)CC1. The van der Waals surface area contributed by atoms with Crippen LogP contribution in [0.3, 0.4) is 0 Å². The van der Waals surface area contributed by atoms with Crippen LogP contribution < -0.4 is 0 Å². The Labute approximate surface area is 130 Å². The number of hydrogen-bond acceptors (Lipinski definition) is 4. The van der Waals surface area contributed by atoms with Gasteiger partial charge in [0.05, 0.1) is 5.88 Å². The second kappa shape index (κ2) is 5.93. The van der Waals surface area contributed by atoms with Crippen molar-refractivity contribution in [1.29, 1.82) is 0 Å². The van der Waals surface area contributed by atoms with Crippen molar-refractivity contribution in [1.82, 2.24) is 9.21 Å². The van der Waals surface area contributed by atoms with Gasteiger partial charge in [-0.1, -0.05) is 0 Å². The van der Waals surface area contributed by atoms with E-state index in [1.54, 1.807) is 16.4 Å². The van der Waals surface area contributed by atoms with E-state index in [9.17, 15) is 8.42 Å². The third-order valence-electron chi connectivity index (χ3n) is 3.55. The first-order valence-corrected chi connectivity index (χ1v) is 9.44. The van der Waals surface area contributed by atoms with E-state index in [1.165, 1.54) is 11.3 Å². The van der Waals surface area contributed by atoms with E-state index in [-0.39, 0.29) is 5.54 Å². The third-order valence-corrected chi connectivity index (χ3v) is 7.45. The summed E-state index contributed by atoms with van der Waals surface area (Å²) in [7, 11) is -3.35. The predicted octanol–water partition coefficient (Wildman–Crippen LogP) is 2.59. The van der Waals surface area contributed by atoms with Crippen molar-refractivity contribution in [3.8, 4) is 0 Å². The molecule has 0 saturated carbocycles. The number of piperazine rings is 1. The van der Waals surface area contributed by atoms with Gasteiger partial charge in [-0.15, -0.1) is 22.9 Å². The molecule has 0 amide bonds. The van der Waals surface area contributed by atoms with Crippen molar-refractivity contribution < 1.29 is 8.42 Å². The normalized spacial score (nSPS) is 19.4. The Morgan fingerprint density at radius 2 is 1.80 bits per heavy atom. The highest BCUT2D eigenvalue weighted by atomic mass is 35.5. The summed E-state index contributed by atoms with van der Waals surface area (Å²) in [4.78, 5) is 3.20. The molecule has 1 aliphatic rings. The maximum Gasteiger partial charge on any atom is 0.252 e. The van der Waals surface area contributed by atoms with E-state index in [4.69, 9.17) is 11.6 Å². The standard InChI is InChI=1S/C13H21ClN2O2S2/c1-13(2,3)15-6-8-16(9-7-15)20(17,18)12-5-4-11(10-14)19-12/h4-5H,6-10H2,1-3H3. The summed E-state index contributed by atoms with van der Waals surface area (Å²) in [5.74, 6) is 0.359. The molecule has 20 heavy (non-hydrogen) atoms. The lowest BCUT2D eigenvalue weighted by Crippen LogP contribution is -2.54. The first-order chi connectivity index (χ1) is 9.25. The summed E-state index contributed by atoms with van der Waals surface area (Å²) >= 11 is 7.01. The van der Waals surface area contributed by atoms with Crippen LogP contribution in [0.1, 0.15) is 25.6 Å². The Bertz CT molecular complexity index is 555. The molecule has 1 aliphatic heterocycles. The molecule has 0 bridgehead atoms. The van der Waals surface area contributed by atoms with Crippen LogP contribution in [0.5, 0.6) is 0 Å². The average molecular weight is 337 g/mol. The van der Waals surface area contributed by atoms with Gasteiger partial charge in [-0.25, -0.2) is 8.42 Å². The van der Waals surface area contributed by atoms with Crippen molar-refractivity contribution in [2.45, 2.75) is 36.4 Å². The third kappa shape index (κ3) is 3.36. The molecule has 1 aromatic heterocycles. The van der Waals surface area contributed by atoms with Crippen molar-refractivity contribution in [2.24, 2.45) is 0 Å². The maximum atomic E-state index is 12.5. The van der Waals surface area contributed by atoms with E-state index in [2.05, 4.69) is 25.7 Å². The molecular weight excluding hydrogens is 316 g/mol. The van der Waals surface area contributed by atoms with Gasteiger partial charge in [0.2, 0.25) is 0 Å². The number of thiophene rings is 1. The molecule has 1 saturated heterocycles.